The van der Waals surface area contributed by atoms with Gasteiger partial charge >= 0.3 is 0 Å². The fraction of sp³-hybridized carbons (Fsp3) is 0.316. The first-order chi connectivity index (χ1) is 12.1. The molecule has 0 spiro atoms. The van der Waals surface area contributed by atoms with Crippen molar-refractivity contribution in [2.45, 2.75) is 18.5 Å². The van der Waals surface area contributed by atoms with E-state index in [9.17, 15) is 4.79 Å². The Labute approximate surface area is 157 Å². The summed E-state index contributed by atoms with van der Waals surface area (Å²) in [6.45, 7) is 1.37. The molecular formula is C19H19Cl2N3O. The molecule has 2 saturated heterocycles. The summed E-state index contributed by atoms with van der Waals surface area (Å²) >= 11 is 12.3. The van der Waals surface area contributed by atoms with Crippen molar-refractivity contribution in [2.24, 2.45) is 5.92 Å². The molecule has 2 heterocycles. The Balaban J connectivity index is 1.49. The second-order valence-electron chi connectivity index (χ2n) is 6.59. The molecule has 4 nitrogen and oxygen atoms in total. The molecule has 1 amide bonds. The van der Waals surface area contributed by atoms with Crippen molar-refractivity contribution < 1.29 is 4.79 Å². The second-order valence-corrected chi connectivity index (χ2v) is 7.37. The molecule has 0 aromatic heterocycles. The van der Waals surface area contributed by atoms with Crippen molar-refractivity contribution >= 4 is 29.1 Å². The molecule has 2 aromatic carbocycles. The first-order valence-corrected chi connectivity index (χ1v) is 9.20. The van der Waals surface area contributed by atoms with E-state index in [0.717, 1.165) is 13.0 Å². The number of nitrogens with one attached hydrogen (secondary N) is 2. The molecular weight excluding hydrogens is 357 g/mol. The van der Waals surface area contributed by atoms with Crippen molar-refractivity contribution in [3.05, 3.63) is 69.7 Å². The van der Waals surface area contributed by atoms with E-state index in [1.54, 1.807) is 18.2 Å². The molecule has 0 radical (unpaired) electrons. The van der Waals surface area contributed by atoms with Crippen LogP contribution in [0.4, 0.5) is 0 Å². The van der Waals surface area contributed by atoms with Crippen LogP contribution in [0.2, 0.25) is 10.0 Å². The summed E-state index contributed by atoms with van der Waals surface area (Å²) in [6, 6.07) is 16.1. The maximum atomic E-state index is 12.8. The van der Waals surface area contributed by atoms with E-state index < -0.39 is 0 Å². The smallest absolute Gasteiger partial charge is 0.255 e. The first-order valence-electron chi connectivity index (χ1n) is 8.44. The fourth-order valence-electron chi connectivity index (χ4n) is 3.84. The predicted octanol–water partition coefficient (Wildman–Crippen LogP) is 3.67. The zero-order valence-electron chi connectivity index (χ0n) is 13.6. The Morgan fingerprint density at radius 1 is 1.04 bits per heavy atom. The van der Waals surface area contributed by atoms with Crippen LogP contribution in [0.1, 0.15) is 28.4 Å². The molecule has 4 rings (SSSR count). The summed E-state index contributed by atoms with van der Waals surface area (Å²) in [4.78, 5) is 14.7. The van der Waals surface area contributed by atoms with E-state index in [2.05, 4.69) is 35.1 Å². The van der Waals surface area contributed by atoms with Crippen molar-refractivity contribution in [1.82, 2.24) is 15.8 Å². The first kappa shape index (κ1) is 16.9. The van der Waals surface area contributed by atoms with Gasteiger partial charge in [0.1, 0.15) is 0 Å². The van der Waals surface area contributed by atoms with Crippen LogP contribution in [0.25, 0.3) is 0 Å². The predicted molar refractivity (Wildman–Crippen MR) is 99.7 cm³/mol. The Kier molecular flexibility index (Phi) is 4.69. The fourth-order valence-corrected chi connectivity index (χ4v) is 4.22. The lowest BCUT2D eigenvalue weighted by molar-refractivity contribution is 0.0663. The molecule has 2 fully saturated rings. The third-order valence-corrected chi connectivity index (χ3v) is 5.97. The van der Waals surface area contributed by atoms with E-state index >= 15 is 0 Å². The number of fused-ring (bicyclic) bond motifs is 1. The maximum absolute atomic E-state index is 12.8. The monoisotopic (exact) mass is 375 g/mol. The van der Waals surface area contributed by atoms with Crippen molar-refractivity contribution in [3.8, 4) is 0 Å². The van der Waals surface area contributed by atoms with Gasteiger partial charge in [-0.3, -0.25) is 10.2 Å². The molecule has 25 heavy (non-hydrogen) atoms. The molecule has 2 aliphatic heterocycles. The molecule has 6 heteroatoms. The summed E-state index contributed by atoms with van der Waals surface area (Å²) < 4.78 is 0. The number of carbonyl (C=O) groups excluding carboxylic acids is 1. The van der Waals surface area contributed by atoms with Crippen molar-refractivity contribution in [2.75, 3.05) is 13.1 Å². The Hall–Kier alpha value is -1.59. The molecule has 2 N–H and O–H groups in total. The van der Waals surface area contributed by atoms with Crippen LogP contribution in [-0.4, -0.2) is 29.9 Å². The van der Waals surface area contributed by atoms with Crippen LogP contribution in [0.5, 0.6) is 0 Å². The van der Waals surface area contributed by atoms with Crippen molar-refractivity contribution in [1.29, 1.82) is 0 Å². The number of piperidine rings is 1. The summed E-state index contributed by atoms with van der Waals surface area (Å²) in [7, 11) is 0. The largest absolute Gasteiger partial charge is 0.337 e. The highest BCUT2D eigenvalue weighted by Gasteiger charge is 2.41. The van der Waals surface area contributed by atoms with Crippen LogP contribution in [-0.2, 0) is 0 Å². The SMILES string of the molecule is O=C(c1cccc(Cl)c1Cl)N1CCC2C(C1)NNC2c1ccccc1. The topological polar surface area (TPSA) is 44.4 Å². The van der Waals surface area contributed by atoms with Gasteiger partial charge in [-0.15, -0.1) is 0 Å². The normalized spacial score (nSPS) is 25.7. The minimum Gasteiger partial charge on any atom is -0.337 e. The van der Waals surface area contributed by atoms with E-state index in [0.29, 0.717) is 28.1 Å². The zero-order chi connectivity index (χ0) is 17.4. The highest BCUT2D eigenvalue weighted by molar-refractivity contribution is 6.43. The number of hydrogen-bond donors (Lipinski definition) is 2. The van der Waals surface area contributed by atoms with E-state index in [4.69, 9.17) is 23.2 Å². The molecule has 3 atom stereocenters. The zero-order valence-corrected chi connectivity index (χ0v) is 15.1. The van der Waals surface area contributed by atoms with Gasteiger partial charge in [0.05, 0.1) is 21.7 Å². The number of amides is 1. The molecule has 0 saturated carbocycles. The van der Waals surface area contributed by atoms with Gasteiger partial charge < -0.3 is 4.90 Å². The second kappa shape index (κ2) is 6.96. The lowest BCUT2D eigenvalue weighted by Crippen LogP contribution is -2.49. The minimum atomic E-state index is -0.0593. The summed E-state index contributed by atoms with van der Waals surface area (Å²) in [5.41, 5.74) is 8.51. The van der Waals surface area contributed by atoms with Gasteiger partial charge in [-0.25, -0.2) is 5.43 Å². The third-order valence-electron chi connectivity index (χ3n) is 5.15. The maximum Gasteiger partial charge on any atom is 0.255 e. The third kappa shape index (κ3) is 3.15. The molecule has 0 aliphatic carbocycles. The van der Waals surface area contributed by atoms with E-state index in [1.165, 1.54) is 5.56 Å². The quantitative estimate of drug-likeness (QED) is 0.841. The number of nitrogens with zero attached hydrogens (tertiary/aromatic N) is 1. The van der Waals surface area contributed by atoms with Crippen LogP contribution in [0, 0.1) is 5.92 Å². The summed E-state index contributed by atoms with van der Waals surface area (Å²) in [6.07, 6.45) is 0.939. The Bertz CT molecular complexity index is 783. The molecule has 2 aliphatic rings. The van der Waals surface area contributed by atoms with Crippen LogP contribution < -0.4 is 10.9 Å². The van der Waals surface area contributed by atoms with Gasteiger partial charge in [-0.1, -0.05) is 59.6 Å². The number of likely N-dealkylation sites (tertiary alicyclic amines) is 1. The average Bonchev–Trinajstić information content (AvgIpc) is 3.07. The number of rotatable bonds is 2. The van der Waals surface area contributed by atoms with Gasteiger partial charge in [0.15, 0.2) is 0 Å². The standard InChI is InChI=1S/C19H19Cl2N3O/c20-15-8-4-7-14(17(15)21)19(25)24-10-9-13-16(11-24)22-23-18(13)12-5-2-1-3-6-12/h1-8,13,16,18,22-23H,9-11H2. The van der Waals surface area contributed by atoms with Crippen LogP contribution >= 0.6 is 23.2 Å². The number of benzene rings is 2. The molecule has 2 aromatic rings. The lowest BCUT2D eigenvalue weighted by atomic mass is 9.84. The number of carbonyl (C=O) groups is 1. The van der Waals surface area contributed by atoms with E-state index in [-0.39, 0.29) is 18.0 Å². The van der Waals surface area contributed by atoms with Gasteiger partial charge in [-0.05, 0) is 30.0 Å². The Morgan fingerprint density at radius 2 is 1.84 bits per heavy atom. The molecule has 3 unspecified atom stereocenters. The van der Waals surface area contributed by atoms with Gasteiger partial charge in [0, 0.05) is 19.1 Å². The summed E-state index contributed by atoms with van der Waals surface area (Å²) in [5, 5.41) is 0.739. The molecule has 0 bridgehead atoms. The highest BCUT2D eigenvalue weighted by Crippen LogP contribution is 2.35. The number of halogens is 2. The van der Waals surface area contributed by atoms with E-state index in [1.807, 2.05) is 11.0 Å². The van der Waals surface area contributed by atoms with Gasteiger partial charge in [0.2, 0.25) is 0 Å². The van der Waals surface area contributed by atoms with Crippen LogP contribution in [0.15, 0.2) is 48.5 Å². The minimum absolute atomic E-state index is 0.0593. The number of hydrogen-bond acceptors (Lipinski definition) is 3. The van der Waals surface area contributed by atoms with Gasteiger partial charge in [0.25, 0.3) is 5.91 Å². The lowest BCUT2D eigenvalue weighted by Gasteiger charge is -2.36. The number of hydrazine groups is 1. The highest BCUT2D eigenvalue weighted by atomic mass is 35.5. The molecule has 130 valence electrons. The van der Waals surface area contributed by atoms with Crippen molar-refractivity contribution in [3.63, 3.8) is 0 Å². The average molecular weight is 376 g/mol. The Morgan fingerprint density at radius 3 is 2.64 bits per heavy atom. The van der Waals surface area contributed by atoms with Gasteiger partial charge in [-0.2, -0.15) is 0 Å². The summed E-state index contributed by atoms with van der Waals surface area (Å²) in [5.74, 6) is 0.400. The van der Waals surface area contributed by atoms with Crippen LogP contribution in [0.3, 0.4) is 0 Å².